The summed E-state index contributed by atoms with van der Waals surface area (Å²) in [6, 6.07) is 6.73. The largest absolute Gasteiger partial charge is 0.508 e. The Morgan fingerprint density at radius 2 is 2.35 bits per heavy atom. The van der Waals surface area contributed by atoms with Crippen molar-refractivity contribution in [2.75, 3.05) is 6.54 Å². The number of benzene rings is 1. The number of phenolic OH excluding ortho intramolecular Hbond substituents is 1. The number of aromatic nitrogens is 2. The monoisotopic (exact) mass is 231 g/mol. The molecule has 5 nitrogen and oxygen atoms in total. The predicted octanol–water partition coefficient (Wildman–Crippen LogP) is 1.72. The zero-order chi connectivity index (χ0) is 12.1. The van der Waals surface area contributed by atoms with Gasteiger partial charge in [0.1, 0.15) is 5.75 Å². The molecule has 2 N–H and O–H groups in total. The maximum Gasteiger partial charge on any atom is 0.240 e. The molecule has 0 atom stereocenters. The van der Waals surface area contributed by atoms with Crippen molar-refractivity contribution >= 4 is 0 Å². The fourth-order valence-electron chi connectivity index (χ4n) is 1.37. The van der Waals surface area contributed by atoms with Gasteiger partial charge in [-0.3, -0.25) is 0 Å². The zero-order valence-electron chi connectivity index (χ0n) is 9.26. The molecule has 0 saturated heterocycles. The highest BCUT2D eigenvalue weighted by Crippen LogP contribution is 2.20. The summed E-state index contributed by atoms with van der Waals surface area (Å²) in [5, 5.41) is 16.3. The summed E-state index contributed by atoms with van der Waals surface area (Å²) >= 11 is 0. The van der Waals surface area contributed by atoms with E-state index in [4.69, 9.17) is 4.52 Å². The predicted molar refractivity (Wildman–Crippen MR) is 63.3 cm³/mol. The lowest BCUT2D eigenvalue weighted by Gasteiger charge is -1.95. The molecule has 0 aliphatic rings. The van der Waals surface area contributed by atoms with E-state index < -0.39 is 0 Å². The molecule has 0 radical (unpaired) electrons. The Labute approximate surface area is 98.8 Å². The Balaban J connectivity index is 2.10. The van der Waals surface area contributed by atoms with E-state index in [0.29, 0.717) is 24.8 Å². The average Bonchev–Trinajstić information content (AvgIpc) is 2.78. The van der Waals surface area contributed by atoms with E-state index in [1.54, 1.807) is 24.3 Å². The smallest absolute Gasteiger partial charge is 0.240 e. The highest BCUT2D eigenvalue weighted by Gasteiger charge is 2.08. The number of hydrogen-bond acceptors (Lipinski definition) is 5. The van der Waals surface area contributed by atoms with Crippen molar-refractivity contribution in [2.45, 2.75) is 6.54 Å². The van der Waals surface area contributed by atoms with Gasteiger partial charge in [-0.05, 0) is 12.1 Å². The minimum Gasteiger partial charge on any atom is -0.508 e. The zero-order valence-corrected chi connectivity index (χ0v) is 9.26. The van der Waals surface area contributed by atoms with Crippen LogP contribution >= 0.6 is 0 Å². The molecule has 0 aliphatic heterocycles. The van der Waals surface area contributed by atoms with Gasteiger partial charge in [0.25, 0.3) is 0 Å². The molecule has 0 aliphatic carbocycles. The first-order valence-corrected chi connectivity index (χ1v) is 5.23. The van der Waals surface area contributed by atoms with Crippen LogP contribution in [0.15, 0.2) is 41.4 Å². The average molecular weight is 231 g/mol. The van der Waals surface area contributed by atoms with Crippen molar-refractivity contribution in [1.29, 1.82) is 0 Å². The van der Waals surface area contributed by atoms with Crippen LogP contribution in [0.25, 0.3) is 11.4 Å². The topological polar surface area (TPSA) is 71.2 Å². The summed E-state index contributed by atoms with van der Waals surface area (Å²) in [4.78, 5) is 4.21. The number of phenols is 1. The molecular formula is C12H13N3O2. The molecule has 0 amide bonds. The van der Waals surface area contributed by atoms with E-state index in [9.17, 15) is 5.11 Å². The molecule has 0 bridgehead atoms. The molecule has 1 aromatic carbocycles. The van der Waals surface area contributed by atoms with Gasteiger partial charge in [-0.15, -0.1) is 6.58 Å². The van der Waals surface area contributed by atoms with Gasteiger partial charge in [0.05, 0.1) is 6.54 Å². The molecule has 1 heterocycles. The summed E-state index contributed by atoms with van der Waals surface area (Å²) in [5.74, 6) is 1.15. The molecule has 0 saturated carbocycles. The maximum absolute atomic E-state index is 9.34. The fraction of sp³-hybridized carbons (Fsp3) is 0.167. The van der Waals surface area contributed by atoms with E-state index in [1.807, 2.05) is 6.07 Å². The van der Waals surface area contributed by atoms with Gasteiger partial charge in [-0.2, -0.15) is 4.98 Å². The molecule has 5 heteroatoms. The van der Waals surface area contributed by atoms with Crippen molar-refractivity contribution in [3.8, 4) is 17.1 Å². The van der Waals surface area contributed by atoms with Gasteiger partial charge in [0.15, 0.2) is 0 Å². The SMILES string of the molecule is C=CCNCc1nc(-c2cccc(O)c2)no1. The summed E-state index contributed by atoms with van der Waals surface area (Å²) in [6.07, 6.45) is 1.76. The van der Waals surface area contributed by atoms with Crippen LogP contribution in [-0.2, 0) is 6.54 Å². The van der Waals surface area contributed by atoms with E-state index in [2.05, 4.69) is 22.0 Å². The van der Waals surface area contributed by atoms with Gasteiger partial charge < -0.3 is 14.9 Å². The lowest BCUT2D eigenvalue weighted by atomic mass is 10.2. The van der Waals surface area contributed by atoms with Crippen molar-refractivity contribution in [1.82, 2.24) is 15.5 Å². The molecule has 0 fully saturated rings. The first-order chi connectivity index (χ1) is 8.29. The van der Waals surface area contributed by atoms with Crippen LogP contribution in [0, 0.1) is 0 Å². The molecule has 17 heavy (non-hydrogen) atoms. The van der Waals surface area contributed by atoms with Crippen molar-refractivity contribution in [2.24, 2.45) is 0 Å². The number of aromatic hydroxyl groups is 1. The van der Waals surface area contributed by atoms with Crippen LogP contribution in [0.5, 0.6) is 5.75 Å². The van der Waals surface area contributed by atoms with Crippen molar-refractivity contribution in [3.05, 3.63) is 42.8 Å². The third-order valence-corrected chi connectivity index (χ3v) is 2.14. The van der Waals surface area contributed by atoms with Crippen LogP contribution < -0.4 is 5.32 Å². The molecule has 2 aromatic rings. The van der Waals surface area contributed by atoms with E-state index >= 15 is 0 Å². The first-order valence-electron chi connectivity index (χ1n) is 5.23. The fourth-order valence-corrected chi connectivity index (χ4v) is 1.37. The third kappa shape index (κ3) is 2.92. The van der Waals surface area contributed by atoms with Gasteiger partial charge in [0, 0.05) is 12.1 Å². The Hall–Kier alpha value is -2.14. The van der Waals surface area contributed by atoms with Gasteiger partial charge in [-0.1, -0.05) is 23.4 Å². The quantitative estimate of drug-likeness (QED) is 0.605. The van der Waals surface area contributed by atoms with Crippen LogP contribution in [0.4, 0.5) is 0 Å². The summed E-state index contributed by atoms with van der Waals surface area (Å²) in [6.45, 7) is 4.78. The minimum absolute atomic E-state index is 0.179. The van der Waals surface area contributed by atoms with Crippen LogP contribution in [0.3, 0.4) is 0 Å². The van der Waals surface area contributed by atoms with Crippen LogP contribution in [0.2, 0.25) is 0 Å². The lowest BCUT2D eigenvalue weighted by molar-refractivity contribution is 0.370. The Kier molecular flexibility index (Phi) is 3.52. The maximum atomic E-state index is 9.34. The summed E-state index contributed by atoms with van der Waals surface area (Å²) in [5.41, 5.74) is 0.726. The Bertz CT molecular complexity index is 508. The lowest BCUT2D eigenvalue weighted by Crippen LogP contribution is -2.12. The van der Waals surface area contributed by atoms with Gasteiger partial charge >= 0.3 is 0 Å². The Morgan fingerprint density at radius 3 is 3.12 bits per heavy atom. The van der Waals surface area contributed by atoms with E-state index in [1.165, 1.54) is 0 Å². The number of hydrogen-bond donors (Lipinski definition) is 2. The minimum atomic E-state index is 0.179. The molecule has 2 rings (SSSR count). The highest BCUT2D eigenvalue weighted by atomic mass is 16.5. The van der Waals surface area contributed by atoms with Crippen molar-refractivity contribution < 1.29 is 9.63 Å². The van der Waals surface area contributed by atoms with Crippen LogP contribution in [0.1, 0.15) is 5.89 Å². The second kappa shape index (κ2) is 5.27. The second-order valence-corrected chi connectivity index (χ2v) is 3.48. The molecule has 0 unspecified atom stereocenters. The van der Waals surface area contributed by atoms with Gasteiger partial charge in [0.2, 0.25) is 11.7 Å². The Morgan fingerprint density at radius 1 is 1.47 bits per heavy atom. The summed E-state index contributed by atoms with van der Waals surface area (Å²) in [7, 11) is 0. The number of nitrogens with one attached hydrogen (secondary N) is 1. The van der Waals surface area contributed by atoms with Crippen molar-refractivity contribution in [3.63, 3.8) is 0 Å². The number of rotatable bonds is 5. The highest BCUT2D eigenvalue weighted by molar-refractivity contribution is 5.56. The molecule has 0 spiro atoms. The van der Waals surface area contributed by atoms with Gasteiger partial charge in [-0.25, -0.2) is 0 Å². The van der Waals surface area contributed by atoms with E-state index in [-0.39, 0.29) is 5.75 Å². The summed E-state index contributed by atoms with van der Waals surface area (Å²) < 4.78 is 5.07. The second-order valence-electron chi connectivity index (χ2n) is 3.48. The first kappa shape index (κ1) is 11.3. The molecule has 88 valence electrons. The molecule has 1 aromatic heterocycles. The molecular weight excluding hydrogens is 218 g/mol. The normalized spacial score (nSPS) is 10.4. The standard InChI is InChI=1S/C12H13N3O2/c1-2-6-13-8-11-14-12(15-17-11)9-4-3-5-10(16)7-9/h2-5,7,13,16H,1,6,8H2. The van der Waals surface area contributed by atoms with Crippen LogP contribution in [-0.4, -0.2) is 21.8 Å². The van der Waals surface area contributed by atoms with E-state index in [0.717, 1.165) is 5.56 Å². The third-order valence-electron chi connectivity index (χ3n) is 2.14. The number of nitrogens with zero attached hydrogens (tertiary/aromatic N) is 2.